The van der Waals surface area contributed by atoms with Gasteiger partial charge in [0.15, 0.2) is 17.5 Å². The van der Waals surface area contributed by atoms with E-state index >= 15 is 0 Å². The lowest BCUT2D eigenvalue weighted by atomic mass is 9.90. The highest BCUT2D eigenvalue weighted by molar-refractivity contribution is 5.93. The molecular formula is C25H23N9. The number of rotatable bonds is 3. The monoisotopic (exact) mass is 449 g/mol. The van der Waals surface area contributed by atoms with Gasteiger partial charge in [-0.25, -0.2) is 9.97 Å². The van der Waals surface area contributed by atoms with Crippen LogP contribution in [-0.4, -0.2) is 45.8 Å². The fourth-order valence-corrected chi connectivity index (χ4v) is 5.67. The molecule has 1 aromatic carbocycles. The number of nitrogens with zero attached hydrogens (tertiary/aromatic N) is 9. The van der Waals surface area contributed by atoms with Gasteiger partial charge in [-0.3, -0.25) is 14.1 Å². The van der Waals surface area contributed by atoms with Crippen LogP contribution in [-0.2, 0) is 5.54 Å². The molecule has 34 heavy (non-hydrogen) atoms. The number of hydrogen-bond donors (Lipinski definition) is 0. The number of imidazole rings is 1. The Hall–Kier alpha value is -4.14. The smallest absolute Gasteiger partial charge is 0.237 e. The fraction of sp³-hybridized carbons (Fsp3) is 0.280. The third-order valence-electron chi connectivity index (χ3n) is 7.29. The molecule has 1 fully saturated rings. The molecule has 1 atom stereocenters. The second kappa shape index (κ2) is 6.93. The Balaban J connectivity index is 1.43. The summed E-state index contributed by atoms with van der Waals surface area (Å²) in [5.41, 5.74) is 1.55. The molecule has 0 saturated carbocycles. The SMILES string of the molecule is CCC12CCCN1c1nc(-n3ccnc3-c3nccc4ccccc34)ncc1-n1c(C)nnc12. The summed E-state index contributed by atoms with van der Waals surface area (Å²) < 4.78 is 4.05. The molecule has 1 saturated heterocycles. The maximum Gasteiger partial charge on any atom is 0.237 e. The molecule has 9 heteroatoms. The normalized spacial score (nSPS) is 18.7. The van der Waals surface area contributed by atoms with E-state index in [4.69, 9.17) is 9.97 Å². The molecule has 0 N–H and O–H groups in total. The number of fused-ring (bicyclic) bond motifs is 7. The molecule has 168 valence electrons. The van der Waals surface area contributed by atoms with Crippen LogP contribution in [0, 0.1) is 6.92 Å². The third-order valence-corrected chi connectivity index (χ3v) is 7.29. The van der Waals surface area contributed by atoms with E-state index in [1.54, 1.807) is 6.20 Å². The van der Waals surface area contributed by atoms with E-state index in [0.717, 1.165) is 71.3 Å². The molecule has 0 radical (unpaired) electrons. The Morgan fingerprint density at radius 2 is 1.94 bits per heavy atom. The predicted octanol–water partition coefficient (Wildman–Crippen LogP) is 3.99. The van der Waals surface area contributed by atoms with Crippen LogP contribution in [0.4, 0.5) is 5.82 Å². The van der Waals surface area contributed by atoms with Gasteiger partial charge in [0.05, 0.1) is 6.20 Å². The molecule has 2 aliphatic heterocycles. The summed E-state index contributed by atoms with van der Waals surface area (Å²) >= 11 is 0. The van der Waals surface area contributed by atoms with Gasteiger partial charge in [-0.1, -0.05) is 31.2 Å². The zero-order valence-electron chi connectivity index (χ0n) is 19.0. The van der Waals surface area contributed by atoms with Gasteiger partial charge < -0.3 is 4.90 Å². The molecule has 4 aromatic heterocycles. The Kier molecular flexibility index (Phi) is 3.94. The maximum absolute atomic E-state index is 5.11. The molecule has 9 nitrogen and oxygen atoms in total. The quantitative estimate of drug-likeness (QED) is 0.411. The minimum absolute atomic E-state index is 0.186. The zero-order valence-corrected chi connectivity index (χ0v) is 19.0. The number of aromatic nitrogens is 8. The molecule has 0 aliphatic carbocycles. The van der Waals surface area contributed by atoms with Crippen molar-refractivity contribution in [1.82, 2.24) is 39.3 Å². The number of anilines is 1. The topological polar surface area (TPSA) is 90.4 Å². The molecule has 2 aliphatic rings. The van der Waals surface area contributed by atoms with Crippen molar-refractivity contribution in [3.05, 3.63) is 66.8 Å². The van der Waals surface area contributed by atoms with Gasteiger partial charge in [0, 0.05) is 30.5 Å². The van der Waals surface area contributed by atoms with E-state index < -0.39 is 0 Å². The first kappa shape index (κ1) is 19.3. The number of hydrogen-bond acceptors (Lipinski definition) is 7. The number of aryl methyl sites for hydroxylation is 1. The average Bonchev–Trinajstić information content (AvgIpc) is 3.62. The zero-order chi connectivity index (χ0) is 22.9. The van der Waals surface area contributed by atoms with E-state index in [1.165, 1.54) is 0 Å². The minimum Gasteiger partial charge on any atom is -0.342 e. The highest BCUT2D eigenvalue weighted by Crippen LogP contribution is 2.49. The van der Waals surface area contributed by atoms with Crippen molar-refractivity contribution < 1.29 is 0 Å². The van der Waals surface area contributed by atoms with Crippen molar-refractivity contribution in [3.8, 4) is 23.2 Å². The standard InChI is InChI=1S/C25H23N9/c1-3-25-10-6-13-33(25)21-19(34-16(2)30-31-23(25)34)15-28-24(29-21)32-14-12-27-22(32)20-18-8-5-4-7-17(18)9-11-26-20/h4-5,7-9,11-12,14-15H,3,6,10,13H2,1-2H3. The second-order valence-corrected chi connectivity index (χ2v) is 8.93. The van der Waals surface area contributed by atoms with Gasteiger partial charge in [0.1, 0.15) is 22.7 Å². The predicted molar refractivity (Wildman–Crippen MR) is 128 cm³/mol. The van der Waals surface area contributed by atoms with Gasteiger partial charge in [0.2, 0.25) is 5.95 Å². The molecular weight excluding hydrogens is 426 g/mol. The summed E-state index contributed by atoms with van der Waals surface area (Å²) in [6.45, 7) is 5.15. The van der Waals surface area contributed by atoms with Crippen LogP contribution >= 0.6 is 0 Å². The summed E-state index contributed by atoms with van der Waals surface area (Å²) in [5, 5.41) is 11.2. The second-order valence-electron chi connectivity index (χ2n) is 8.93. The first-order chi connectivity index (χ1) is 16.7. The lowest BCUT2D eigenvalue weighted by molar-refractivity contribution is 0.381. The van der Waals surface area contributed by atoms with Crippen LogP contribution in [0.25, 0.3) is 33.9 Å². The van der Waals surface area contributed by atoms with Crippen molar-refractivity contribution in [3.63, 3.8) is 0 Å². The van der Waals surface area contributed by atoms with E-state index in [0.29, 0.717) is 5.95 Å². The van der Waals surface area contributed by atoms with Gasteiger partial charge in [0.25, 0.3) is 0 Å². The molecule has 1 unspecified atom stereocenters. The molecule has 0 bridgehead atoms. The Labute approximate surface area is 196 Å². The fourth-order valence-electron chi connectivity index (χ4n) is 5.67. The first-order valence-corrected chi connectivity index (χ1v) is 11.7. The van der Waals surface area contributed by atoms with E-state index in [-0.39, 0.29) is 5.54 Å². The van der Waals surface area contributed by atoms with E-state index in [2.05, 4.69) is 48.7 Å². The van der Waals surface area contributed by atoms with Crippen molar-refractivity contribution in [2.75, 3.05) is 11.4 Å². The van der Waals surface area contributed by atoms with Gasteiger partial charge in [-0.2, -0.15) is 4.98 Å². The van der Waals surface area contributed by atoms with Gasteiger partial charge in [-0.05, 0) is 37.6 Å². The summed E-state index contributed by atoms with van der Waals surface area (Å²) in [7, 11) is 0. The lowest BCUT2D eigenvalue weighted by Gasteiger charge is -2.42. The van der Waals surface area contributed by atoms with Crippen molar-refractivity contribution >= 4 is 16.6 Å². The maximum atomic E-state index is 5.11. The highest BCUT2D eigenvalue weighted by atomic mass is 15.4. The summed E-state index contributed by atoms with van der Waals surface area (Å²) in [4.78, 5) is 21.6. The molecule has 0 amide bonds. The van der Waals surface area contributed by atoms with Gasteiger partial charge >= 0.3 is 0 Å². The van der Waals surface area contributed by atoms with E-state index in [9.17, 15) is 0 Å². The van der Waals surface area contributed by atoms with Crippen molar-refractivity contribution in [2.45, 2.75) is 38.6 Å². The van der Waals surface area contributed by atoms with Crippen molar-refractivity contribution in [2.24, 2.45) is 0 Å². The Morgan fingerprint density at radius 1 is 1.03 bits per heavy atom. The largest absolute Gasteiger partial charge is 0.342 e. The molecule has 5 aromatic rings. The summed E-state index contributed by atoms with van der Waals surface area (Å²) in [6, 6.07) is 10.2. The van der Waals surface area contributed by atoms with Crippen LogP contribution in [0.1, 0.15) is 37.8 Å². The van der Waals surface area contributed by atoms with Crippen LogP contribution in [0.2, 0.25) is 0 Å². The minimum atomic E-state index is -0.186. The first-order valence-electron chi connectivity index (χ1n) is 11.7. The van der Waals surface area contributed by atoms with Gasteiger partial charge in [-0.15, -0.1) is 10.2 Å². The lowest BCUT2D eigenvalue weighted by Crippen LogP contribution is -2.47. The molecule has 7 rings (SSSR count). The van der Waals surface area contributed by atoms with Crippen molar-refractivity contribution in [1.29, 1.82) is 0 Å². The summed E-state index contributed by atoms with van der Waals surface area (Å²) in [5.74, 6) is 4.07. The van der Waals surface area contributed by atoms with Crippen LogP contribution < -0.4 is 4.90 Å². The molecule has 6 heterocycles. The van der Waals surface area contributed by atoms with Crippen LogP contribution in [0.5, 0.6) is 0 Å². The van der Waals surface area contributed by atoms with Crippen LogP contribution in [0.3, 0.4) is 0 Å². The average molecular weight is 450 g/mol. The van der Waals surface area contributed by atoms with E-state index in [1.807, 2.05) is 48.3 Å². The Bertz CT molecular complexity index is 1560. The summed E-state index contributed by atoms with van der Waals surface area (Å²) in [6.07, 6.45) is 10.5. The number of benzene rings is 1. The third kappa shape index (κ3) is 2.43. The Morgan fingerprint density at radius 3 is 2.85 bits per heavy atom. The van der Waals surface area contributed by atoms with Crippen LogP contribution in [0.15, 0.2) is 55.1 Å². The highest BCUT2D eigenvalue weighted by Gasteiger charge is 2.50. The number of pyridine rings is 1. The molecule has 0 spiro atoms.